The number of aryl methyl sites for hydroxylation is 1. The molecule has 4 nitrogen and oxygen atoms in total. The molecule has 0 spiro atoms. The third-order valence-electron chi connectivity index (χ3n) is 4.82. The molecular formula is C20H22N2O2. The SMILES string of the molecule is Nc1c(NC2=C(C3=COC=CO3)CCC=C2)ccc2c1CCCC2. The molecule has 1 aliphatic heterocycles. The Morgan fingerprint density at radius 3 is 2.83 bits per heavy atom. The quantitative estimate of drug-likeness (QED) is 0.803. The topological polar surface area (TPSA) is 56.5 Å². The molecule has 1 heterocycles. The van der Waals surface area contributed by atoms with Crippen molar-refractivity contribution < 1.29 is 9.47 Å². The smallest absolute Gasteiger partial charge is 0.166 e. The summed E-state index contributed by atoms with van der Waals surface area (Å²) >= 11 is 0. The standard InChI is InChI=1S/C20H22N2O2/c21-20-15-6-2-1-5-14(15)9-10-18(20)22-17-8-4-3-7-16(17)19-13-23-11-12-24-19/h4,8-13,22H,1-3,5-7,21H2. The van der Waals surface area contributed by atoms with Crippen molar-refractivity contribution in [2.45, 2.75) is 38.5 Å². The van der Waals surface area contributed by atoms with Crippen LogP contribution in [-0.4, -0.2) is 0 Å². The molecule has 24 heavy (non-hydrogen) atoms. The number of nitrogens with one attached hydrogen (secondary N) is 1. The highest BCUT2D eigenvalue weighted by atomic mass is 16.5. The van der Waals surface area contributed by atoms with E-state index in [2.05, 4.69) is 29.6 Å². The van der Waals surface area contributed by atoms with Crippen LogP contribution in [0.5, 0.6) is 0 Å². The zero-order chi connectivity index (χ0) is 16.4. The lowest BCUT2D eigenvalue weighted by Gasteiger charge is -2.23. The lowest BCUT2D eigenvalue weighted by molar-refractivity contribution is 0.262. The predicted octanol–water partition coefficient (Wildman–Crippen LogP) is 4.52. The van der Waals surface area contributed by atoms with Crippen LogP contribution in [0.1, 0.15) is 36.8 Å². The van der Waals surface area contributed by atoms with Gasteiger partial charge in [-0.05, 0) is 61.8 Å². The van der Waals surface area contributed by atoms with E-state index >= 15 is 0 Å². The van der Waals surface area contributed by atoms with Crippen molar-refractivity contribution in [3.63, 3.8) is 0 Å². The minimum Gasteiger partial charge on any atom is -0.466 e. The molecule has 1 aromatic carbocycles. The fourth-order valence-corrected chi connectivity index (χ4v) is 3.55. The van der Waals surface area contributed by atoms with E-state index < -0.39 is 0 Å². The molecule has 0 radical (unpaired) electrons. The highest BCUT2D eigenvalue weighted by Gasteiger charge is 2.19. The van der Waals surface area contributed by atoms with Gasteiger partial charge >= 0.3 is 0 Å². The van der Waals surface area contributed by atoms with Gasteiger partial charge in [0.25, 0.3) is 0 Å². The molecule has 4 rings (SSSR count). The summed E-state index contributed by atoms with van der Waals surface area (Å²) < 4.78 is 10.9. The van der Waals surface area contributed by atoms with Gasteiger partial charge in [0, 0.05) is 11.3 Å². The Kier molecular flexibility index (Phi) is 4.03. The number of allylic oxidation sites excluding steroid dienone is 3. The molecule has 0 saturated heterocycles. The minimum atomic E-state index is 0.751. The molecule has 0 saturated carbocycles. The Morgan fingerprint density at radius 1 is 1.04 bits per heavy atom. The summed E-state index contributed by atoms with van der Waals surface area (Å²) in [7, 11) is 0. The van der Waals surface area contributed by atoms with Crippen LogP contribution in [0, 0.1) is 0 Å². The second kappa shape index (κ2) is 6.48. The van der Waals surface area contributed by atoms with Gasteiger partial charge in [-0.25, -0.2) is 0 Å². The van der Waals surface area contributed by atoms with Gasteiger partial charge in [-0.15, -0.1) is 0 Å². The summed E-state index contributed by atoms with van der Waals surface area (Å²) in [6.07, 6.45) is 15.6. The highest BCUT2D eigenvalue weighted by Crippen LogP contribution is 2.35. The fourth-order valence-electron chi connectivity index (χ4n) is 3.55. The molecule has 0 aromatic heterocycles. The maximum Gasteiger partial charge on any atom is 0.166 e. The van der Waals surface area contributed by atoms with E-state index in [1.807, 2.05) is 0 Å². The van der Waals surface area contributed by atoms with Crippen molar-refractivity contribution in [1.82, 2.24) is 0 Å². The minimum absolute atomic E-state index is 0.751. The summed E-state index contributed by atoms with van der Waals surface area (Å²) in [4.78, 5) is 0. The predicted molar refractivity (Wildman–Crippen MR) is 95.9 cm³/mol. The number of hydrogen-bond donors (Lipinski definition) is 2. The third kappa shape index (κ3) is 2.80. The van der Waals surface area contributed by atoms with Crippen molar-refractivity contribution in [2.75, 3.05) is 11.1 Å². The summed E-state index contributed by atoms with van der Waals surface area (Å²) in [5.41, 5.74) is 13.2. The first-order chi connectivity index (χ1) is 11.8. The van der Waals surface area contributed by atoms with Crippen LogP contribution in [0.25, 0.3) is 0 Å². The molecule has 0 atom stereocenters. The van der Waals surface area contributed by atoms with Gasteiger partial charge in [0.1, 0.15) is 18.8 Å². The second-order valence-corrected chi connectivity index (χ2v) is 6.34. The van der Waals surface area contributed by atoms with Gasteiger partial charge in [-0.3, -0.25) is 0 Å². The van der Waals surface area contributed by atoms with E-state index in [4.69, 9.17) is 15.2 Å². The number of ether oxygens (including phenoxy) is 2. The van der Waals surface area contributed by atoms with Gasteiger partial charge in [-0.2, -0.15) is 0 Å². The first kappa shape index (κ1) is 14.9. The normalized spacial score (nSPS) is 19.2. The maximum absolute atomic E-state index is 6.45. The Bertz CT molecular complexity index is 772. The highest BCUT2D eigenvalue weighted by molar-refractivity contribution is 5.74. The van der Waals surface area contributed by atoms with Gasteiger partial charge in [0.2, 0.25) is 0 Å². The fraction of sp³-hybridized carbons (Fsp3) is 0.300. The summed E-state index contributed by atoms with van der Waals surface area (Å²) in [6, 6.07) is 4.31. The third-order valence-corrected chi connectivity index (χ3v) is 4.82. The Morgan fingerprint density at radius 2 is 1.96 bits per heavy atom. The zero-order valence-corrected chi connectivity index (χ0v) is 13.7. The van der Waals surface area contributed by atoms with Crippen LogP contribution in [0.2, 0.25) is 0 Å². The monoisotopic (exact) mass is 322 g/mol. The van der Waals surface area contributed by atoms with Crippen molar-refractivity contribution in [1.29, 1.82) is 0 Å². The lowest BCUT2D eigenvalue weighted by atomic mass is 9.90. The number of benzene rings is 1. The average Bonchev–Trinajstić information content (AvgIpc) is 2.65. The van der Waals surface area contributed by atoms with E-state index in [-0.39, 0.29) is 0 Å². The number of rotatable bonds is 3. The molecular weight excluding hydrogens is 300 g/mol. The molecule has 0 bridgehead atoms. The molecule has 2 aliphatic carbocycles. The molecule has 124 valence electrons. The molecule has 0 amide bonds. The number of anilines is 2. The summed E-state index contributed by atoms with van der Waals surface area (Å²) in [5, 5.41) is 3.51. The molecule has 0 fully saturated rings. The van der Waals surface area contributed by atoms with Crippen LogP contribution in [0.4, 0.5) is 11.4 Å². The maximum atomic E-state index is 6.45. The molecule has 1 aromatic rings. The molecule has 4 heteroatoms. The lowest BCUT2D eigenvalue weighted by Crippen LogP contribution is -2.12. The van der Waals surface area contributed by atoms with E-state index in [0.717, 1.165) is 54.1 Å². The Labute approximate surface area is 142 Å². The van der Waals surface area contributed by atoms with Crippen LogP contribution in [-0.2, 0) is 22.3 Å². The van der Waals surface area contributed by atoms with E-state index in [0.29, 0.717) is 0 Å². The van der Waals surface area contributed by atoms with Crippen molar-refractivity contribution in [2.24, 2.45) is 0 Å². The van der Waals surface area contributed by atoms with E-state index in [1.54, 1.807) is 12.5 Å². The summed E-state index contributed by atoms with van der Waals surface area (Å²) in [5.74, 6) is 0.751. The van der Waals surface area contributed by atoms with Gasteiger partial charge in [0.15, 0.2) is 5.76 Å². The molecule has 3 aliphatic rings. The number of nitrogen functional groups attached to an aromatic ring is 1. The number of fused-ring (bicyclic) bond motifs is 1. The second-order valence-electron chi connectivity index (χ2n) is 6.34. The molecule has 0 unspecified atom stereocenters. The van der Waals surface area contributed by atoms with Crippen molar-refractivity contribution >= 4 is 11.4 Å². The zero-order valence-electron chi connectivity index (χ0n) is 13.7. The number of hydrogen-bond acceptors (Lipinski definition) is 4. The van der Waals surface area contributed by atoms with Crippen LogP contribution >= 0.6 is 0 Å². The molecule has 3 N–H and O–H groups in total. The first-order valence-electron chi connectivity index (χ1n) is 8.57. The van der Waals surface area contributed by atoms with Crippen molar-refractivity contribution in [3.8, 4) is 0 Å². The summed E-state index contributed by atoms with van der Waals surface area (Å²) in [6.45, 7) is 0. The van der Waals surface area contributed by atoms with Crippen molar-refractivity contribution in [3.05, 3.63) is 71.2 Å². The van der Waals surface area contributed by atoms with Crippen LogP contribution in [0.15, 0.2) is 60.1 Å². The van der Waals surface area contributed by atoms with Gasteiger partial charge in [-0.1, -0.05) is 12.1 Å². The first-order valence-corrected chi connectivity index (χ1v) is 8.57. The van der Waals surface area contributed by atoms with Gasteiger partial charge < -0.3 is 20.5 Å². The Hall–Kier alpha value is -2.62. The largest absolute Gasteiger partial charge is 0.466 e. The van der Waals surface area contributed by atoms with Crippen LogP contribution in [0.3, 0.4) is 0 Å². The number of nitrogens with two attached hydrogens (primary N) is 1. The van der Waals surface area contributed by atoms with Crippen LogP contribution < -0.4 is 11.1 Å². The van der Waals surface area contributed by atoms with E-state index in [9.17, 15) is 0 Å². The average molecular weight is 322 g/mol. The van der Waals surface area contributed by atoms with Gasteiger partial charge in [0.05, 0.1) is 11.4 Å². The van der Waals surface area contributed by atoms with E-state index in [1.165, 1.54) is 30.2 Å². The Balaban J connectivity index is 1.67.